The summed E-state index contributed by atoms with van der Waals surface area (Å²) in [6, 6.07) is 8.24. The predicted molar refractivity (Wildman–Crippen MR) is 64.6 cm³/mol. The van der Waals surface area contributed by atoms with Crippen LogP contribution in [-0.2, 0) is 0 Å². The van der Waals surface area contributed by atoms with Gasteiger partial charge in [-0.15, -0.1) is 0 Å². The molecule has 0 aliphatic heterocycles. The van der Waals surface area contributed by atoms with Gasteiger partial charge in [-0.25, -0.2) is 0 Å². The van der Waals surface area contributed by atoms with Crippen LogP contribution in [0, 0.1) is 0 Å². The van der Waals surface area contributed by atoms with E-state index >= 15 is 0 Å². The van der Waals surface area contributed by atoms with Gasteiger partial charge in [-0.1, -0.05) is 23.8 Å². The van der Waals surface area contributed by atoms with Crippen molar-refractivity contribution in [2.45, 2.75) is 19.3 Å². The third-order valence-electron chi connectivity index (χ3n) is 2.51. The van der Waals surface area contributed by atoms with Gasteiger partial charge in [0, 0.05) is 16.7 Å². The number of hydrogen-bond acceptors (Lipinski definition) is 1. The molecule has 0 atom stereocenters. The number of allylic oxidation sites excluding steroid dienone is 1. The zero-order valence-corrected chi connectivity index (χ0v) is 9.68. The fourth-order valence-electron chi connectivity index (χ4n) is 1.71. The van der Waals surface area contributed by atoms with E-state index in [1.54, 1.807) is 5.57 Å². The molecule has 0 spiro atoms. The molecule has 14 heavy (non-hydrogen) atoms. The van der Waals surface area contributed by atoms with Crippen LogP contribution >= 0.6 is 15.9 Å². The average molecular weight is 252 g/mol. The van der Waals surface area contributed by atoms with E-state index in [1.165, 1.54) is 24.9 Å². The Morgan fingerprint density at radius 3 is 2.86 bits per heavy atom. The van der Waals surface area contributed by atoms with Crippen LogP contribution in [0.1, 0.15) is 19.3 Å². The van der Waals surface area contributed by atoms with Crippen molar-refractivity contribution in [2.24, 2.45) is 0 Å². The summed E-state index contributed by atoms with van der Waals surface area (Å²) in [5, 5.41) is 3.44. The van der Waals surface area contributed by atoms with Crippen molar-refractivity contribution < 1.29 is 0 Å². The number of nitrogens with one attached hydrogen (secondary N) is 1. The molecule has 0 unspecified atom stereocenters. The monoisotopic (exact) mass is 251 g/mol. The van der Waals surface area contributed by atoms with E-state index in [0.717, 1.165) is 11.0 Å². The Bertz CT molecular complexity index is 344. The molecule has 0 saturated heterocycles. The van der Waals surface area contributed by atoms with Crippen molar-refractivity contribution in [3.8, 4) is 0 Å². The van der Waals surface area contributed by atoms with E-state index in [9.17, 15) is 0 Å². The maximum absolute atomic E-state index is 3.52. The van der Waals surface area contributed by atoms with Gasteiger partial charge in [0.15, 0.2) is 0 Å². The molecule has 0 aromatic heterocycles. The summed E-state index contributed by atoms with van der Waals surface area (Å²) >= 11 is 3.52. The van der Waals surface area contributed by atoms with Crippen molar-refractivity contribution >= 4 is 21.6 Å². The zero-order valence-electron chi connectivity index (χ0n) is 8.09. The highest BCUT2D eigenvalue weighted by Gasteiger charge is 2.04. The molecule has 2 rings (SSSR count). The van der Waals surface area contributed by atoms with E-state index in [2.05, 4.69) is 45.5 Å². The smallest absolute Gasteiger partial charge is 0.0487 e. The van der Waals surface area contributed by atoms with Crippen LogP contribution in [0.2, 0.25) is 0 Å². The Labute approximate surface area is 93.3 Å². The molecule has 1 aliphatic carbocycles. The predicted octanol–water partition coefficient (Wildman–Crippen LogP) is 3.97. The fourth-order valence-corrected chi connectivity index (χ4v) is 2.14. The molecule has 2 heteroatoms. The molecule has 1 aromatic carbocycles. The minimum absolute atomic E-state index is 0.989. The number of anilines is 1. The Kier molecular flexibility index (Phi) is 3.25. The van der Waals surface area contributed by atoms with Crippen molar-refractivity contribution in [3.05, 3.63) is 40.4 Å². The third kappa shape index (κ3) is 2.38. The number of hydrogen-bond donors (Lipinski definition) is 1. The fraction of sp³-hybridized carbons (Fsp3) is 0.333. The first-order chi connectivity index (χ1) is 6.86. The summed E-state index contributed by atoms with van der Waals surface area (Å²) in [4.78, 5) is 0. The Balaban J connectivity index is 1.94. The van der Waals surface area contributed by atoms with Crippen LogP contribution in [0.4, 0.5) is 5.69 Å². The first-order valence-corrected chi connectivity index (χ1v) is 5.82. The molecular weight excluding hydrogens is 238 g/mol. The maximum Gasteiger partial charge on any atom is 0.0487 e. The van der Waals surface area contributed by atoms with Crippen LogP contribution in [0.3, 0.4) is 0 Å². The normalized spacial score (nSPS) is 15.4. The summed E-state index contributed by atoms with van der Waals surface area (Å²) in [5.41, 5.74) is 2.72. The van der Waals surface area contributed by atoms with Crippen LogP contribution in [0.5, 0.6) is 0 Å². The van der Waals surface area contributed by atoms with Crippen molar-refractivity contribution in [3.63, 3.8) is 0 Å². The van der Waals surface area contributed by atoms with Gasteiger partial charge in [0.2, 0.25) is 0 Å². The van der Waals surface area contributed by atoms with E-state index in [0.29, 0.717) is 0 Å². The molecule has 0 heterocycles. The highest BCUT2D eigenvalue weighted by Crippen LogP contribution is 2.23. The van der Waals surface area contributed by atoms with E-state index in [-0.39, 0.29) is 0 Å². The second-order valence-corrected chi connectivity index (χ2v) is 4.44. The Morgan fingerprint density at radius 2 is 2.14 bits per heavy atom. The quantitative estimate of drug-likeness (QED) is 0.802. The second-order valence-electron chi connectivity index (χ2n) is 3.59. The first-order valence-electron chi connectivity index (χ1n) is 5.02. The Morgan fingerprint density at radius 1 is 1.29 bits per heavy atom. The summed E-state index contributed by atoms with van der Waals surface area (Å²) in [7, 11) is 0. The lowest BCUT2D eigenvalue weighted by atomic mass is 10.2. The first kappa shape index (κ1) is 9.78. The molecule has 0 fully saturated rings. The number of para-hydroxylation sites is 1. The van der Waals surface area contributed by atoms with E-state index in [1.807, 2.05) is 6.07 Å². The van der Waals surface area contributed by atoms with Gasteiger partial charge in [-0.3, -0.25) is 0 Å². The SMILES string of the molecule is Brc1ccccc1NCC1=CCCC1. The second kappa shape index (κ2) is 4.65. The van der Waals surface area contributed by atoms with Crippen molar-refractivity contribution in [2.75, 3.05) is 11.9 Å². The van der Waals surface area contributed by atoms with Crippen LogP contribution < -0.4 is 5.32 Å². The number of rotatable bonds is 3. The van der Waals surface area contributed by atoms with Crippen LogP contribution in [-0.4, -0.2) is 6.54 Å². The molecule has 0 amide bonds. The van der Waals surface area contributed by atoms with Gasteiger partial charge in [0.25, 0.3) is 0 Å². The largest absolute Gasteiger partial charge is 0.380 e. The highest BCUT2D eigenvalue weighted by atomic mass is 79.9. The maximum atomic E-state index is 3.52. The lowest BCUT2D eigenvalue weighted by Gasteiger charge is -2.08. The molecule has 1 aromatic rings. The van der Waals surface area contributed by atoms with Gasteiger partial charge >= 0.3 is 0 Å². The summed E-state index contributed by atoms with van der Waals surface area (Å²) in [5.74, 6) is 0. The van der Waals surface area contributed by atoms with Crippen molar-refractivity contribution in [1.29, 1.82) is 0 Å². The number of halogens is 1. The summed E-state index contributed by atoms with van der Waals surface area (Å²) in [6.45, 7) is 0.989. The minimum Gasteiger partial charge on any atom is -0.380 e. The topological polar surface area (TPSA) is 12.0 Å². The highest BCUT2D eigenvalue weighted by molar-refractivity contribution is 9.10. The van der Waals surface area contributed by atoms with E-state index < -0.39 is 0 Å². The molecule has 0 saturated carbocycles. The zero-order chi connectivity index (χ0) is 9.80. The minimum atomic E-state index is 0.989. The van der Waals surface area contributed by atoms with Gasteiger partial charge < -0.3 is 5.32 Å². The average Bonchev–Trinajstić information content (AvgIpc) is 2.69. The van der Waals surface area contributed by atoms with Gasteiger partial charge in [-0.05, 0) is 47.3 Å². The van der Waals surface area contributed by atoms with Gasteiger partial charge in [0.05, 0.1) is 0 Å². The molecule has 74 valence electrons. The molecular formula is C12H14BrN. The molecule has 1 aliphatic rings. The standard InChI is InChI=1S/C12H14BrN/c13-11-7-3-4-8-12(11)14-9-10-5-1-2-6-10/h3-5,7-8,14H,1-2,6,9H2. The summed E-state index contributed by atoms with van der Waals surface area (Å²) < 4.78 is 1.14. The number of benzene rings is 1. The lowest BCUT2D eigenvalue weighted by molar-refractivity contribution is 0.897. The van der Waals surface area contributed by atoms with Crippen LogP contribution in [0.25, 0.3) is 0 Å². The molecule has 0 bridgehead atoms. The summed E-state index contributed by atoms with van der Waals surface area (Å²) in [6.07, 6.45) is 6.20. The third-order valence-corrected chi connectivity index (χ3v) is 3.21. The van der Waals surface area contributed by atoms with Gasteiger partial charge in [-0.2, -0.15) is 0 Å². The molecule has 0 radical (unpaired) electrons. The van der Waals surface area contributed by atoms with E-state index in [4.69, 9.17) is 0 Å². The lowest BCUT2D eigenvalue weighted by Crippen LogP contribution is -2.03. The van der Waals surface area contributed by atoms with Gasteiger partial charge in [0.1, 0.15) is 0 Å². The van der Waals surface area contributed by atoms with Crippen molar-refractivity contribution in [1.82, 2.24) is 0 Å². The van der Waals surface area contributed by atoms with Crippen LogP contribution in [0.15, 0.2) is 40.4 Å². The molecule has 1 nitrogen and oxygen atoms in total. The Hall–Kier alpha value is -0.760. The molecule has 1 N–H and O–H groups in total.